The largest absolute Gasteiger partial charge is 0.494 e. The van der Waals surface area contributed by atoms with Crippen LogP contribution >= 0.6 is 0 Å². The lowest BCUT2D eigenvalue weighted by Crippen LogP contribution is -2.53. The van der Waals surface area contributed by atoms with E-state index in [9.17, 15) is 4.79 Å². The molecule has 2 atom stereocenters. The van der Waals surface area contributed by atoms with Crippen LogP contribution in [0.15, 0.2) is 66.2 Å². The summed E-state index contributed by atoms with van der Waals surface area (Å²) in [5.74, 6) is 1.04. The maximum atomic E-state index is 13.5. The molecule has 2 N–H and O–H groups in total. The Morgan fingerprint density at radius 2 is 1.94 bits per heavy atom. The summed E-state index contributed by atoms with van der Waals surface area (Å²) in [7, 11) is 0. The van der Waals surface area contributed by atoms with Crippen LogP contribution in [0.4, 0.5) is 0 Å². The van der Waals surface area contributed by atoms with Gasteiger partial charge < -0.3 is 19.9 Å². The van der Waals surface area contributed by atoms with Gasteiger partial charge in [-0.15, -0.1) is 6.58 Å². The van der Waals surface area contributed by atoms with Gasteiger partial charge in [-0.25, -0.2) is 4.99 Å². The minimum atomic E-state index is -1.04. The number of ether oxygens (including phenoxy) is 2. The highest BCUT2D eigenvalue weighted by Gasteiger charge is 2.50. The zero-order chi connectivity index (χ0) is 22.6. The molecule has 1 heterocycles. The monoisotopic (exact) mass is 434 g/mol. The summed E-state index contributed by atoms with van der Waals surface area (Å²) in [6.07, 6.45) is 3.95. The van der Waals surface area contributed by atoms with Crippen molar-refractivity contribution in [2.45, 2.75) is 50.3 Å². The van der Waals surface area contributed by atoms with Crippen molar-refractivity contribution in [1.29, 1.82) is 0 Å². The van der Waals surface area contributed by atoms with Crippen LogP contribution in [-0.4, -0.2) is 47.8 Å². The third-order valence-electron chi connectivity index (χ3n) is 6.17. The molecule has 0 bridgehead atoms. The number of carbonyl (C=O) groups excluding carboxylic acids is 1. The van der Waals surface area contributed by atoms with E-state index in [0.717, 1.165) is 18.4 Å². The Kier molecular flexibility index (Phi) is 6.61. The highest BCUT2D eigenvalue weighted by atomic mass is 16.5. The van der Waals surface area contributed by atoms with E-state index in [4.69, 9.17) is 19.6 Å². The van der Waals surface area contributed by atoms with Crippen molar-refractivity contribution in [3.05, 3.63) is 77.9 Å². The van der Waals surface area contributed by atoms with Crippen molar-refractivity contribution in [2.75, 3.05) is 13.2 Å². The van der Waals surface area contributed by atoms with E-state index in [1.165, 1.54) is 11.1 Å². The van der Waals surface area contributed by atoms with Crippen LogP contribution in [0.25, 0.3) is 0 Å². The maximum Gasteiger partial charge on any atom is 0.252 e. The number of nitrogens with one attached hydrogen (secondary N) is 1. The number of hydrogen-bond donors (Lipinski definition) is 2. The van der Waals surface area contributed by atoms with Crippen LogP contribution in [0.2, 0.25) is 0 Å². The number of aliphatic hydroxyl groups excluding tert-OH is 1. The van der Waals surface area contributed by atoms with Crippen molar-refractivity contribution in [3.8, 4) is 5.75 Å². The van der Waals surface area contributed by atoms with Crippen LogP contribution < -0.4 is 10.1 Å². The molecule has 6 nitrogen and oxygen atoms in total. The lowest BCUT2D eigenvalue weighted by Gasteiger charge is -2.28. The standard InChI is InChI=1S/C26H30N2O4/c1-3-13-26(25(30)27-22-16-20-7-4-5-8-21(20)17-22)18(2)32-24(28-26)19-9-11-23(12-10-19)31-15-6-14-29/h3-5,7-12,18,22,29H,1,6,13-17H2,2H3,(H,27,30)/t18-,26-/m1/s1. The summed E-state index contributed by atoms with van der Waals surface area (Å²) < 4.78 is 11.7. The molecule has 2 aromatic rings. The smallest absolute Gasteiger partial charge is 0.252 e. The van der Waals surface area contributed by atoms with Gasteiger partial charge in [0.05, 0.1) is 6.61 Å². The number of amides is 1. The van der Waals surface area contributed by atoms with Crippen molar-refractivity contribution in [2.24, 2.45) is 4.99 Å². The van der Waals surface area contributed by atoms with Crippen molar-refractivity contribution >= 4 is 11.8 Å². The van der Waals surface area contributed by atoms with Gasteiger partial charge in [0.25, 0.3) is 5.91 Å². The number of hydrogen-bond acceptors (Lipinski definition) is 5. The molecule has 2 aromatic carbocycles. The average Bonchev–Trinajstić information content (AvgIpc) is 3.35. The third-order valence-corrected chi connectivity index (χ3v) is 6.17. The Bertz CT molecular complexity index is 976. The zero-order valence-corrected chi connectivity index (χ0v) is 18.4. The predicted molar refractivity (Wildman–Crippen MR) is 124 cm³/mol. The van der Waals surface area contributed by atoms with Crippen molar-refractivity contribution in [1.82, 2.24) is 5.32 Å². The van der Waals surface area contributed by atoms with E-state index in [1.54, 1.807) is 6.08 Å². The summed E-state index contributed by atoms with van der Waals surface area (Å²) in [5, 5.41) is 12.1. The molecule has 168 valence electrons. The topological polar surface area (TPSA) is 80.2 Å². The summed E-state index contributed by atoms with van der Waals surface area (Å²) in [6.45, 7) is 6.29. The second kappa shape index (κ2) is 9.57. The van der Waals surface area contributed by atoms with Gasteiger partial charge in [-0.1, -0.05) is 30.3 Å². The fourth-order valence-electron chi connectivity index (χ4n) is 4.38. The molecule has 4 rings (SSSR count). The van der Waals surface area contributed by atoms with Gasteiger partial charge in [0.2, 0.25) is 5.90 Å². The lowest BCUT2D eigenvalue weighted by atomic mass is 9.89. The quantitative estimate of drug-likeness (QED) is 0.469. The molecule has 1 aliphatic carbocycles. The van der Waals surface area contributed by atoms with E-state index >= 15 is 0 Å². The SMILES string of the molecule is C=CC[C@@]1(C(=O)NC2Cc3ccccc3C2)N=C(c2ccc(OCCCO)cc2)O[C@@H]1C. The number of benzene rings is 2. The Hall–Kier alpha value is -3.12. The van der Waals surface area contributed by atoms with Gasteiger partial charge in [0, 0.05) is 31.1 Å². The van der Waals surface area contributed by atoms with E-state index < -0.39 is 11.6 Å². The van der Waals surface area contributed by atoms with Gasteiger partial charge in [-0.3, -0.25) is 4.79 Å². The maximum absolute atomic E-state index is 13.5. The van der Waals surface area contributed by atoms with Gasteiger partial charge >= 0.3 is 0 Å². The zero-order valence-electron chi connectivity index (χ0n) is 18.4. The highest BCUT2D eigenvalue weighted by Crippen LogP contribution is 2.33. The highest BCUT2D eigenvalue weighted by molar-refractivity contribution is 6.00. The Morgan fingerprint density at radius 3 is 2.56 bits per heavy atom. The Labute approximate surface area is 189 Å². The second-order valence-corrected chi connectivity index (χ2v) is 8.39. The summed E-state index contributed by atoms with van der Waals surface area (Å²) in [5.41, 5.74) is 2.33. The molecule has 0 aromatic heterocycles. The average molecular weight is 435 g/mol. The number of rotatable bonds is 9. The molecule has 0 radical (unpaired) electrons. The summed E-state index contributed by atoms with van der Waals surface area (Å²) in [4.78, 5) is 18.3. The molecule has 32 heavy (non-hydrogen) atoms. The van der Waals surface area contributed by atoms with Crippen molar-refractivity contribution < 1.29 is 19.4 Å². The number of aliphatic imine (C=N–C) groups is 1. The molecule has 2 aliphatic rings. The fraction of sp³-hybridized carbons (Fsp3) is 0.385. The third kappa shape index (κ3) is 4.41. The molecule has 0 fully saturated rings. The van der Waals surface area contributed by atoms with Crippen LogP contribution in [0.1, 0.15) is 36.5 Å². The Morgan fingerprint density at radius 1 is 1.25 bits per heavy atom. The fourth-order valence-corrected chi connectivity index (χ4v) is 4.38. The first-order valence-corrected chi connectivity index (χ1v) is 11.1. The van der Waals surface area contributed by atoms with Gasteiger partial charge in [-0.05, 0) is 55.2 Å². The normalized spacial score (nSPS) is 22.1. The first kappa shape index (κ1) is 22.1. The van der Waals surface area contributed by atoms with E-state index in [0.29, 0.717) is 31.1 Å². The first-order chi connectivity index (χ1) is 15.6. The molecular weight excluding hydrogens is 404 g/mol. The molecule has 0 saturated carbocycles. The number of aliphatic hydroxyl groups is 1. The Balaban J connectivity index is 1.50. The van der Waals surface area contributed by atoms with E-state index in [1.807, 2.05) is 43.3 Å². The van der Waals surface area contributed by atoms with Crippen molar-refractivity contribution in [3.63, 3.8) is 0 Å². The lowest BCUT2D eigenvalue weighted by molar-refractivity contribution is -0.129. The number of fused-ring (bicyclic) bond motifs is 1. The number of carbonyl (C=O) groups is 1. The predicted octanol–water partition coefficient (Wildman–Crippen LogP) is 3.21. The molecule has 6 heteroatoms. The number of nitrogens with zero attached hydrogens (tertiary/aromatic N) is 1. The van der Waals surface area contributed by atoms with Crippen LogP contribution in [0.3, 0.4) is 0 Å². The first-order valence-electron chi connectivity index (χ1n) is 11.1. The van der Waals surface area contributed by atoms with Crippen LogP contribution in [0, 0.1) is 0 Å². The summed E-state index contributed by atoms with van der Waals surface area (Å²) >= 11 is 0. The van der Waals surface area contributed by atoms with Crippen LogP contribution in [-0.2, 0) is 22.4 Å². The minimum Gasteiger partial charge on any atom is -0.494 e. The molecule has 0 saturated heterocycles. The molecule has 0 unspecified atom stereocenters. The van der Waals surface area contributed by atoms with Gasteiger partial charge in [0.1, 0.15) is 11.9 Å². The van der Waals surface area contributed by atoms with E-state index in [2.05, 4.69) is 24.0 Å². The second-order valence-electron chi connectivity index (χ2n) is 8.39. The molecule has 1 amide bonds. The van der Waals surface area contributed by atoms with Gasteiger partial charge in [-0.2, -0.15) is 0 Å². The molecule has 1 aliphatic heterocycles. The van der Waals surface area contributed by atoms with E-state index in [-0.39, 0.29) is 18.6 Å². The molecule has 0 spiro atoms. The molecular formula is C26H30N2O4. The minimum absolute atomic E-state index is 0.0587. The van der Waals surface area contributed by atoms with Gasteiger partial charge in [0.15, 0.2) is 5.54 Å². The summed E-state index contributed by atoms with van der Waals surface area (Å²) in [6, 6.07) is 15.8. The van der Waals surface area contributed by atoms with Crippen LogP contribution in [0.5, 0.6) is 5.75 Å².